The van der Waals surface area contributed by atoms with Crippen LogP contribution in [0.15, 0.2) is 12.1 Å². The molecule has 1 fully saturated rings. The molecule has 114 valence electrons. The van der Waals surface area contributed by atoms with Crippen molar-refractivity contribution in [2.75, 3.05) is 24.5 Å². The summed E-state index contributed by atoms with van der Waals surface area (Å²) in [5, 5.41) is 12.1. The minimum absolute atomic E-state index is 0.0103. The van der Waals surface area contributed by atoms with Crippen molar-refractivity contribution in [1.82, 2.24) is 5.32 Å². The first-order valence-electron chi connectivity index (χ1n) is 7.39. The van der Waals surface area contributed by atoms with Crippen LogP contribution in [-0.4, -0.2) is 25.7 Å². The summed E-state index contributed by atoms with van der Waals surface area (Å²) < 4.78 is 28.4. The second-order valence-corrected chi connectivity index (χ2v) is 5.86. The number of halogens is 2. The fourth-order valence-electron chi connectivity index (χ4n) is 2.82. The lowest BCUT2D eigenvalue weighted by molar-refractivity contribution is 0.368. The molecule has 1 aliphatic heterocycles. The molecule has 21 heavy (non-hydrogen) atoms. The molecule has 1 atom stereocenters. The van der Waals surface area contributed by atoms with Crippen molar-refractivity contribution in [2.24, 2.45) is 5.92 Å². The van der Waals surface area contributed by atoms with Gasteiger partial charge in [-0.15, -0.1) is 0 Å². The second kappa shape index (κ2) is 6.86. The molecule has 0 amide bonds. The highest BCUT2D eigenvalue weighted by Crippen LogP contribution is 2.28. The summed E-state index contributed by atoms with van der Waals surface area (Å²) in [7, 11) is 0. The van der Waals surface area contributed by atoms with Crippen LogP contribution in [0.25, 0.3) is 0 Å². The number of anilines is 1. The Balaban J connectivity index is 2.28. The summed E-state index contributed by atoms with van der Waals surface area (Å²) in [6, 6.07) is 3.97. The molecule has 1 N–H and O–H groups in total. The van der Waals surface area contributed by atoms with Crippen LogP contribution in [0.3, 0.4) is 0 Å². The molecule has 0 radical (unpaired) electrons. The first-order chi connectivity index (χ1) is 10.0. The van der Waals surface area contributed by atoms with Gasteiger partial charge in [0.25, 0.3) is 0 Å². The van der Waals surface area contributed by atoms with Crippen LogP contribution >= 0.6 is 0 Å². The average Bonchev–Trinajstić information content (AvgIpc) is 2.46. The van der Waals surface area contributed by atoms with E-state index in [1.165, 1.54) is 0 Å². The van der Waals surface area contributed by atoms with E-state index in [1.807, 2.05) is 13.8 Å². The highest BCUT2D eigenvalue weighted by molar-refractivity contribution is 5.53. The molecule has 1 heterocycles. The average molecular weight is 293 g/mol. The van der Waals surface area contributed by atoms with Crippen molar-refractivity contribution in [3.8, 4) is 6.07 Å². The Kier molecular flexibility index (Phi) is 5.13. The van der Waals surface area contributed by atoms with E-state index in [0.29, 0.717) is 12.5 Å². The van der Waals surface area contributed by atoms with Gasteiger partial charge in [-0.05, 0) is 57.8 Å². The van der Waals surface area contributed by atoms with Gasteiger partial charge in [0.2, 0.25) is 0 Å². The molecular formula is C16H21F2N3. The Morgan fingerprint density at radius 1 is 1.38 bits per heavy atom. The number of nitrogens with zero attached hydrogens (tertiary/aromatic N) is 2. The van der Waals surface area contributed by atoms with E-state index in [1.54, 1.807) is 11.0 Å². The Labute approximate surface area is 124 Å². The third kappa shape index (κ3) is 3.70. The molecule has 2 rings (SSSR count). The number of hydrogen-bond donors (Lipinski definition) is 1. The largest absolute Gasteiger partial charge is 0.364 e. The molecule has 0 aromatic heterocycles. The van der Waals surface area contributed by atoms with E-state index in [0.717, 1.165) is 38.1 Å². The summed E-state index contributed by atoms with van der Waals surface area (Å²) in [6.45, 7) is 6.35. The fourth-order valence-corrected chi connectivity index (χ4v) is 2.82. The SMILES string of the molecule is CC(C)N(CC1CCCNC1)c1c(F)cc(C#N)cc1F. The maximum atomic E-state index is 14.2. The molecule has 1 aliphatic rings. The predicted molar refractivity (Wildman–Crippen MR) is 79.1 cm³/mol. The highest BCUT2D eigenvalue weighted by Gasteiger charge is 2.24. The first kappa shape index (κ1) is 15.7. The predicted octanol–water partition coefficient (Wildman–Crippen LogP) is 3.05. The van der Waals surface area contributed by atoms with E-state index in [4.69, 9.17) is 5.26 Å². The molecule has 0 aliphatic carbocycles. The second-order valence-electron chi connectivity index (χ2n) is 5.86. The zero-order valence-electron chi connectivity index (χ0n) is 12.5. The zero-order chi connectivity index (χ0) is 15.4. The van der Waals surface area contributed by atoms with Gasteiger partial charge in [0.1, 0.15) is 5.69 Å². The van der Waals surface area contributed by atoms with Crippen molar-refractivity contribution in [3.63, 3.8) is 0 Å². The van der Waals surface area contributed by atoms with Crippen molar-refractivity contribution in [2.45, 2.75) is 32.7 Å². The third-order valence-electron chi connectivity index (χ3n) is 3.91. The minimum Gasteiger partial charge on any atom is -0.364 e. The van der Waals surface area contributed by atoms with E-state index < -0.39 is 11.6 Å². The van der Waals surface area contributed by atoms with Crippen LogP contribution in [0.2, 0.25) is 0 Å². The van der Waals surface area contributed by atoms with Gasteiger partial charge < -0.3 is 10.2 Å². The molecule has 1 unspecified atom stereocenters. The van der Waals surface area contributed by atoms with Crippen LogP contribution in [0, 0.1) is 28.9 Å². The van der Waals surface area contributed by atoms with Crippen LogP contribution < -0.4 is 10.2 Å². The van der Waals surface area contributed by atoms with Gasteiger partial charge in [0.05, 0.1) is 11.6 Å². The summed E-state index contributed by atoms with van der Waals surface area (Å²) in [4.78, 5) is 1.77. The lowest BCUT2D eigenvalue weighted by Crippen LogP contribution is -2.42. The summed E-state index contributed by atoms with van der Waals surface area (Å²) >= 11 is 0. The van der Waals surface area contributed by atoms with Gasteiger partial charge in [-0.25, -0.2) is 8.78 Å². The van der Waals surface area contributed by atoms with Crippen molar-refractivity contribution in [1.29, 1.82) is 5.26 Å². The number of nitrogens with one attached hydrogen (secondary N) is 1. The molecule has 0 bridgehead atoms. The van der Waals surface area contributed by atoms with Gasteiger partial charge in [-0.1, -0.05) is 0 Å². The van der Waals surface area contributed by atoms with Crippen molar-refractivity contribution in [3.05, 3.63) is 29.3 Å². The Morgan fingerprint density at radius 3 is 2.52 bits per heavy atom. The molecule has 1 aromatic rings. The topological polar surface area (TPSA) is 39.1 Å². The quantitative estimate of drug-likeness (QED) is 0.927. The fraction of sp³-hybridized carbons (Fsp3) is 0.562. The molecule has 5 heteroatoms. The van der Waals surface area contributed by atoms with Gasteiger partial charge in [0.15, 0.2) is 11.6 Å². The zero-order valence-corrected chi connectivity index (χ0v) is 12.5. The number of benzene rings is 1. The normalized spacial score (nSPS) is 18.6. The van der Waals surface area contributed by atoms with Crippen molar-refractivity contribution >= 4 is 5.69 Å². The van der Waals surface area contributed by atoms with Gasteiger partial charge in [0, 0.05) is 12.6 Å². The number of hydrogen-bond acceptors (Lipinski definition) is 3. The van der Waals surface area contributed by atoms with Gasteiger partial charge in [-0.3, -0.25) is 0 Å². The van der Waals surface area contributed by atoms with Gasteiger partial charge >= 0.3 is 0 Å². The number of rotatable bonds is 4. The van der Waals surface area contributed by atoms with Crippen LogP contribution in [-0.2, 0) is 0 Å². The van der Waals surface area contributed by atoms with Crippen molar-refractivity contribution < 1.29 is 8.78 Å². The van der Waals surface area contributed by atoms with E-state index >= 15 is 0 Å². The molecule has 3 nitrogen and oxygen atoms in total. The van der Waals surface area contributed by atoms with E-state index in [-0.39, 0.29) is 17.3 Å². The maximum absolute atomic E-state index is 14.2. The monoisotopic (exact) mass is 293 g/mol. The molecular weight excluding hydrogens is 272 g/mol. The van der Waals surface area contributed by atoms with E-state index in [9.17, 15) is 8.78 Å². The smallest absolute Gasteiger partial charge is 0.150 e. The summed E-state index contributed by atoms with van der Waals surface area (Å²) in [5.41, 5.74) is -0.00800. The number of piperidine rings is 1. The molecule has 0 spiro atoms. The maximum Gasteiger partial charge on any atom is 0.150 e. The Morgan fingerprint density at radius 2 is 2.05 bits per heavy atom. The molecule has 1 saturated heterocycles. The Bertz CT molecular complexity index is 508. The standard InChI is InChI=1S/C16H21F2N3/c1-11(2)21(10-12-4-3-5-20-9-12)16-14(17)6-13(8-19)7-15(16)18/h6-7,11-12,20H,3-5,9-10H2,1-2H3. The first-order valence-corrected chi connectivity index (χ1v) is 7.39. The lowest BCUT2D eigenvalue weighted by Gasteiger charge is -2.35. The minimum atomic E-state index is -0.663. The molecule has 0 saturated carbocycles. The van der Waals surface area contributed by atoms with Crippen LogP contribution in [0.5, 0.6) is 0 Å². The highest BCUT2D eigenvalue weighted by atomic mass is 19.1. The Hall–Kier alpha value is -1.67. The third-order valence-corrected chi connectivity index (χ3v) is 3.91. The molecule has 1 aromatic carbocycles. The summed E-state index contributed by atoms with van der Waals surface area (Å²) in [5.74, 6) is -0.941. The van der Waals surface area contributed by atoms with Gasteiger partial charge in [-0.2, -0.15) is 5.26 Å². The number of nitriles is 1. The van der Waals surface area contributed by atoms with Crippen LogP contribution in [0.4, 0.5) is 14.5 Å². The van der Waals surface area contributed by atoms with E-state index in [2.05, 4.69) is 5.32 Å². The lowest BCUT2D eigenvalue weighted by atomic mass is 9.98. The van der Waals surface area contributed by atoms with Crippen LogP contribution in [0.1, 0.15) is 32.3 Å². The summed E-state index contributed by atoms with van der Waals surface area (Å²) in [6.07, 6.45) is 2.16.